The summed E-state index contributed by atoms with van der Waals surface area (Å²) in [6.45, 7) is 7.91. The van der Waals surface area contributed by atoms with Gasteiger partial charge in [-0.1, -0.05) is 17.4 Å². The summed E-state index contributed by atoms with van der Waals surface area (Å²) in [5, 5.41) is 2.58. The molecular formula is C23H24N2O3S2. The van der Waals surface area contributed by atoms with Gasteiger partial charge in [0.2, 0.25) is 0 Å². The summed E-state index contributed by atoms with van der Waals surface area (Å²) in [5.74, 6) is 0.761. The van der Waals surface area contributed by atoms with E-state index in [1.54, 1.807) is 4.90 Å². The van der Waals surface area contributed by atoms with Crippen LogP contribution in [0, 0.1) is 20.8 Å². The van der Waals surface area contributed by atoms with E-state index in [9.17, 15) is 9.59 Å². The van der Waals surface area contributed by atoms with Crippen LogP contribution in [0.1, 0.15) is 61.5 Å². The maximum atomic E-state index is 13.3. The number of amides is 1. The number of Topliss-reactive ketones (excluding diaryl/α,β-unsaturated/α-hetero) is 1. The van der Waals surface area contributed by atoms with Crippen LogP contribution in [0.3, 0.4) is 0 Å². The maximum Gasteiger partial charge on any atom is 0.270 e. The van der Waals surface area contributed by atoms with E-state index >= 15 is 0 Å². The normalized spacial score (nSPS) is 13.3. The average Bonchev–Trinajstić information content (AvgIpc) is 3.28. The summed E-state index contributed by atoms with van der Waals surface area (Å²) in [7, 11) is 0. The number of nitrogens with zero attached hydrogens (tertiary/aromatic N) is 2. The lowest BCUT2D eigenvalue weighted by Crippen LogP contribution is -2.32. The Hall–Kier alpha value is -2.51. The van der Waals surface area contributed by atoms with Crippen LogP contribution < -0.4 is 9.64 Å². The lowest BCUT2D eigenvalue weighted by atomic mass is 10.1. The minimum Gasteiger partial charge on any atom is -0.489 e. The van der Waals surface area contributed by atoms with Crippen molar-refractivity contribution >= 4 is 39.5 Å². The number of ketones is 1. The van der Waals surface area contributed by atoms with Crippen molar-refractivity contribution in [3.05, 3.63) is 61.8 Å². The number of aromatic nitrogens is 1. The summed E-state index contributed by atoms with van der Waals surface area (Å²) >= 11 is 2.73. The third-order valence-corrected chi connectivity index (χ3v) is 7.41. The van der Waals surface area contributed by atoms with Crippen molar-refractivity contribution in [2.24, 2.45) is 0 Å². The number of thiophene rings is 1. The van der Waals surface area contributed by atoms with Crippen LogP contribution in [0.2, 0.25) is 0 Å². The van der Waals surface area contributed by atoms with Gasteiger partial charge < -0.3 is 4.74 Å². The van der Waals surface area contributed by atoms with E-state index in [1.807, 2.05) is 36.6 Å². The molecule has 5 nitrogen and oxygen atoms in total. The first-order valence-corrected chi connectivity index (χ1v) is 11.6. The van der Waals surface area contributed by atoms with Gasteiger partial charge in [0, 0.05) is 18.5 Å². The highest BCUT2D eigenvalue weighted by Crippen LogP contribution is 2.37. The molecule has 0 unspecified atom stereocenters. The van der Waals surface area contributed by atoms with Gasteiger partial charge in [0.05, 0.1) is 15.4 Å². The Balaban J connectivity index is 1.50. The minimum atomic E-state index is -0.0521. The van der Waals surface area contributed by atoms with Gasteiger partial charge >= 0.3 is 0 Å². The highest BCUT2D eigenvalue weighted by Gasteiger charge is 2.37. The molecule has 0 aliphatic heterocycles. The molecule has 0 bridgehead atoms. The van der Waals surface area contributed by atoms with Crippen LogP contribution in [0.25, 0.3) is 0 Å². The molecule has 1 fully saturated rings. The van der Waals surface area contributed by atoms with E-state index in [0.717, 1.165) is 24.2 Å². The Morgan fingerprint density at radius 1 is 1.17 bits per heavy atom. The number of carbonyl (C=O) groups is 2. The van der Waals surface area contributed by atoms with Gasteiger partial charge in [-0.15, -0.1) is 11.3 Å². The second kappa shape index (κ2) is 8.32. The Morgan fingerprint density at radius 2 is 1.93 bits per heavy atom. The van der Waals surface area contributed by atoms with Gasteiger partial charge in [0.25, 0.3) is 5.91 Å². The van der Waals surface area contributed by atoms with Crippen LogP contribution in [-0.2, 0) is 6.61 Å². The molecule has 7 heteroatoms. The first-order valence-electron chi connectivity index (χ1n) is 9.93. The van der Waals surface area contributed by atoms with Gasteiger partial charge in [0.15, 0.2) is 10.9 Å². The van der Waals surface area contributed by atoms with Crippen molar-refractivity contribution in [2.75, 3.05) is 4.90 Å². The standard InChI is InChI=1S/C23H24N2O3S2/c1-13-5-8-19(9-14(13)2)28-11-17-10-20(29-12-17)22(27)25(18-6-7-18)23-24-15(3)21(30-23)16(4)26/h5,8-10,12,18H,6-7,11H2,1-4H3. The summed E-state index contributed by atoms with van der Waals surface area (Å²) in [5.41, 5.74) is 4.08. The zero-order valence-corrected chi connectivity index (χ0v) is 19.2. The number of carbonyl (C=O) groups excluding carboxylic acids is 2. The molecule has 2 heterocycles. The number of benzene rings is 1. The van der Waals surface area contributed by atoms with Crippen LogP contribution in [0.4, 0.5) is 5.13 Å². The van der Waals surface area contributed by atoms with Crippen molar-refractivity contribution in [3.8, 4) is 5.75 Å². The highest BCUT2D eigenvalue weighted by molar-refractivity contribution is 7.18. The molecule has 1 amide bonds. The molecule has 1 aliphatic rings. The molecule has 4 rings (SSSR count). The molecular weight excluding hydrogens is 416 g/mol. The maximum absolute atomic E-state index is 13.3. The van der Waals surface area contributed by atoms with Gasteiger partial charge in [0.1, 0.15) is 12.4 Å². The van der Waals surface area contributed by atoms with E-state index in [-0.39, 0.29) is 17.7 Å². The van der Waals surface area contributed by atoms with Crippen LogP contribution in [-0.4, -0.2) is 22.7 Å². The Labute approximate surface area is 184 Å². The minimum absolute atomic E-state index is 0.0126. The number of aryl methyl sites for hydroxylation is 3. The number of hydrogen-bond donors (Lipinski definition) is 0. The Morgan fingerprint density at radius 3 is 2.57 bits per heavy atom. The molecule has 30 heavy (non-hydrogen) atoms. The predicted octanol–water partition coefficient (Wildman–Crippen LogP) is 5.72. The first-order chi connectivity index (χ1) is 14.3. The molecule has 0 atom stereocenters. The molecule has 0 radical (unpaired) electrons. The first kappa shape index (κ1) is 20.8. The smallest absolute Gasteiger partial charge is 0.270 e. The molecule has 1 saturated carbocycles. The van der Waals surface area contributed by atoms with Crippen molar-refractivity contribution < 1.29 is 14.3 Å². The summed E-state index contributed by atoms with van der Waals surface area (Å²) in [6.07, 6.45) is 1.93. The monoisotopic (exact) mass is 440 g/mol. The fourth-order valence-electron chi connectivity index (χ4n) is 3.21. The fourth-order valence-corrected chi connectivity index (χ4v) is 5.07. The number of ether oxygens (including phenoxy) is 1. The summed E-state index contributed by atoms with van der Waals surface area (Å²) in [4.78, 5) is 32.7. The topological polar surface area (TPSA) is 59.5 Å². The van der Waals surface area contributed by atoms with E-state index < -0.39 is 0 Å². The van der Waals surface area contributed by atoms with E-state index in [0.29, 0.717) is 27.2 Å². The van der Waals surface area contributed by atoms with Crippen molar-refractivity contribution in [3.63, 3.8) is 0 Å². The van der Waals surface area contributed by atoms with Gasteiger partial charge in [-0.3, -0.25) is 14.5 Å². The Bertz CT molecular complexity index is 1110. The SMILES string of the molecule is CC(=O)c1sc(N(C(=O)c2cc(COc3ccc(C)c(C)c3)cs2)C2CC2)nc1C. The molecule has 156 valence electrons. The molecule has 2 aromatic heterocycles. The lowest BCUT2D eigenvalue weighted by molar-refractivity contribution is 0.0986. The van der Waals surface area contributed by atoms with Crippen molar-refractivity contribution in [1.29, 1.82) is 0 Å². The zero-order valence-electron chi connectivity index (χ0n) is 17.5. The third kappa shape index (κ3) is 4.32. The molecule has 1 aliphatic carbocycles. The van der Waals surface area contributed by atoms with Crippen molar-refractivity contribution in [1.82, 2.24) is 4.98 Å². The molecule has 3 aromatic rings. The zero-order chi connectivity index (χ0) is 21.4. The van der Waals surface area contributed by atoms with Gasteiger partial charge in [-0.05, 0) is 68.3 Å². The predicted molar refractivity (Wildman–Crippen MR) is 121 cm³/mol. The van der Waals surface area contributed by atoms with Gasteiger partial charge in [-0.2, -0.15) is 0 Å². The quantitative estimate of drug-likeness (QED) is 0.441. The Kier molecular flexibility index (Phi) is 5.75. The number of anilines is 1. The van der Waals surface area contributed by atoms with E-state index in [1.165, 1.54) is 40.7 Å². The number of thiazole rings is 1. The number of hydrogen-bond acceptors (Lipinski definition) is 6. The second-order valence-electron chi connectivity index (χ2n) is 7.73. The highest BCUT2D eigenvalue weighted by atomic mass is 32.1. The lowest BCUT2D eigenvalue weighted by Gasteiger charge is -2.18. The van der Waals surface area contributed by atoms with Crippen molar-refractivity contribution in [2.45, 2.75) is 53.2 Å². The van der Waals surface area contributed by atoms with E-state index in [4.69, 9.17) is 4.74 Å². The third-order valence-electron chi connectivity index (χ3n) is 5.19. The summed E-state index contributed by atoms with van der Waals surface area (Å²) < 4.78 is 5.91. The molecule has 0 N–H and O–H groups in total. The molecule has 0 saturated heterocycles. The van der Waals surface area contributed by atoms with Crippen LogP contribution in [0.15, 0.2) is 29.6 Å². The van der Waals surface area contributed by atoms with Crippen LogP contribution in [0.5, 0.6) is 5.75 Å². The number of rotatable bonds is 7. The molecule has 1 aromatic carbocycles. The van der Waals surface area contributed by atoms with Gasteiger partial charge in [-0.25, -0.2) is 4.98 Å². The van der Waals surface area contributed by atoms with E-state index in [2.05, 4.69) is 18.8 Å². The fraction of sp³-hybridized carbons (Fsp3) is 0.348. The average molecular weight is 441 g/mol. The molecule has 0 spiro atoms. The largest absolute Gasteiger partial charge is 0.489 e. The van der Waals surface area contributed by atoms with Crippen LogP contribution >= 0.6 is 22.7 Å². The summed E-state index contributed by atoms with van der Waals surface area (Å²) in [6, 6.07) is 8.11. The second-order valence-corrected chi connectivity index (χ2v) is 9.62.